The molecule has 0 saturated heterocycles. The molecule has 14 heteroatoms. The van der Waals surface area contributed by atoms with Gasteiger partial charge >= 0.3 is 5.97 Å². The van der Waals surface area contributed by atoms with Crippen LogP contribution in [-0.4, -0.2) is 70.7 Å². The molecular formula is C20H24N4O8S2. The van der Waals surface area contributed by atoms with E-state index in [1.807, 2.05) is 7.05 Å². The van der Waals surface area contributed by atoms with E-state index in [2.05, 4.69) is 10.2 Å². The van der Waals surface area contributed by atoms with Crippen LogP contribution in [0.1, 0.15) is 20.8 Å². The van der Waals surface area contributed by atoms with Gasteiger partial charge in [-0.3, -0.25) is 19.2 Å². The van der Waals surface area contributed by atoms with Crippen molar-refractivity contribution in [3.05, 3.63) is 44.3 Å². The normalized spacial score (nSPS) is 13.6. The summed E-state index contributed by atoms with van der Waals surface area (Å²) in [5.41, 5.74) is 0.524. The van der Waals surface area contributed by atoms with Crippen LogP contribution in [-0.2, 0) is 32.5 Å². The number of thiophene rings is 1. The summed E-state index contributed by atoms with van der Waals surface area (Å²) < 4.78 is 35.8. The number of non-ortho nitro benzene ring substituents is 1. The average Bonchev–Trinajstić information content (AvgIpc) is 3.12. The van der Waals surface area contributed by atoms with Gasteiger partial charge in [-0.1, -0.05) is 0 Å². The van der Waals surface area contributed by atoms with Crippen LogP contribution in [0.4, 0.5) is 16.4 Å². The first-order valence-electron chi connectivity index (χ1n) is 9.97. The van der Waals surface area contributed by atoms with Gasteiger partial charge in [0.25, 0.3) is 5.69 Å². The Hall–Kier alpha value is -3.23. The molecule has 0 saturated carbocycles. The molecule has 2 aromatic rings. The summed E-state index contributed by atoms with van der Waals surface area (Å²) in [5.74, 6) is -1.30. The highest BCUT2D eigenvalue weighted by atomic mass is 32.2. The number of nitrogens with one attached hydrogen (secondary N) is 1. The highest BCUT2D eigenvalue weighted by Gasteiger charge is 2.30. The van der Waals surface area contributed by atoms with E-state index in [0.717, 1.165) is 29.3 Å². The van der Waals surface area contributed by atoms with Gasteiger partial charge in [-0.25, -0.2) is 13.2 Å². The number of fused-ring (bicyclic) bond motifs is 1. The minimum absolute atomic E-state index is 0.0358. The first-order chi connectivity index (χ1) is 16.0. The Bertz CT molecular complexity index is 1240. The summed E-state index contributed by atoms with van der Waals surface area (Å²) in [4.78, 5) is 38.9. The van der Waals surface area contributed by atoms with Gasteiger partial charge in [-0.15, -0.1) is 11.3 Å². The third kappa shape index (κ3) is 5.29. The Kier molecular flexibility index (Phi) is 7.43. The van der Waals surface area contributed by atoms with Crippen LogP contribution >= 0.6 is 11.3 Å². The van der Waals surface area contributed by atoms with Gasteiger partial charge in [0.2, 0.25) is 15.9 Å². The number of likely N-dealkylation sites (N-methyl/N-ethyl adjacent to an activating group) is 1. The van der Waals surface area contributed by atoms with Crippen LogP contribution in [0, 0.1) is 10.1 Å². The second kappa shape index (κ2) is 9.95. The van der Waals surface area contributed by atoms with E-state index in [0.29, 0.717) is 17.3 Å². The molecule has 1 aromatic carbocycles. The van der Waals surface area contributed by atoms with Crippen molar-refractivity contribution in [2.24, 2.45) is 0 Å². The number of amides is 1. The number of esters is 1. The summed E-state index contributed by atoms with van der Waals surface area (Å²) in [6.07, 6.45) is 1.47. The lowest BCUT2D eigenvalue weighted by Gasteiger charge is -2.23. The largest absolute Gasteiger partial charge is 0.495 e. The van der Waals surface area contributed by atoms with Crippen molar-refractivity contribution in [2.45, 2.75) is 13.0 Å². The smallest absolute Gasteiger partial charge is 0.341 e. The molecule has 3 rings (SSSR count). The number of carbonyl (C=O) groups is 2. The summed E-state index contributed by atoms with van der Waals surface area (Å²) in [5, 5.41) is 14.1. The van der Waals surface area contributed by atoms with E-state index in [1.165, 1.54) is 37.7 Å². The lowest BCUT2D eigenvalue weighted by molar-refractivity contribution is -0.384. The molecule has 0 radical (unpaired) electrons. The first kappa shape index (κ1) is 25.4. The summed E-state index contributed by atoms with van der Waals surface area (Å²) in [6, 6.07) is 3.44. The second-order valence-corrected chi connectivity index (χ2v) is 10.6. The lowest BCUT2D eigenvalue weighted by Crippen LogP contribution is -2.37. The van der Waals surface area contributed by atoms with Gasteiger partial charge in [0.1, 0.15) is 23.0 Å². The number of hydrogen-bond acceptors (Lipinski definition) is 10. The molecule has 1 aliphatic rings. The Morgan fingerprint density at radius 3 is 2.62 bits per heavy atom. The van der Waals surface area contributed by atoms with E-state index in [4.69, 9.17) is 9.47 Å². The average molecular weight is 513 g/mol. The topological polar surface area (TPSA) is 148 Å². The third-order valence-electron chi connectivity index (χ3n) is 5.22. The summed E-state index contributed by atoms with van der Waals surface area (Å²) in [6.45, 7) is 0.634. The molecule has 2 heterocycles. The molecule has 1 N–H and O–H groups in total. The van der Waals surface area contributed by atoms with Crippen molar-refractivity contribution in [3.63, 3.8) is 0 Å². The molecule has 1 aromatic heterocycles. The fourth-order valence-corrected chi connectivity index (χ4v) is 5.79. The monoisotopic (exact) mass is 512 g/mol. The van der Waals surface area contributed by atoms with Gasteiger partial charge in [0.15, 0.2) is 0 Å². The van der Waals surface area contributed by atoms with Gasteiger partial charge in [0.05, 0.1) is 31.0 Å². The molecule has 0 atom stereocenters. The lowest BCUT2D eigenvalue weighted by atomic mass is 10.0. The zero-order chi connectivity index (χ0) is 25.2. The van der Waals surface area contributed by atoms with Crippen molar-refractivity contribution in [3.8, 4) is 5.75 Å². The molecule has 0 aliphatic carbocycles. The van der Waals surface area contributed by atoms with Crippen molar-refractivity contribution < 1.29 is 32.4 Å². The van der Waals surface area contributed by atoms with E-state index >= 15 is 0 Å². The van der Waals surface area contributed by atoms with Crippen molar-refractivity contribution in [2.75, 3.05) is 50.2 Å². The zero-order valence-electron chi connectivity index (χ0n) is 19.0. The van der Waals surface area contributed by atoms with Crippen LogP contribution in [0.3, 0.4) is 0 Å². The highest BCUT2D eigenvalue weighted by molar-refractivity contribution is 7.92. The molecule has 0 spiro atoms. The maximum Gasteiger partial charge on any atom is 0.341 e. The van der Waals surface area contributed by atoms with E-state index in [1.54, 1.807) is 0 Å². The number of hydrogen-bond donors (Lipinski definition) is 1. The minimum Gasteiger partial charge on any atom is -0.495 e. The molecule has 0 fully saturated rings. The minimum atomic E-state index is -4.05. The van der Waals surface area contributed by atoms with Crippen LogP contribution in [0.5, 0.6) is 5.75 Å². The SMILES string of the molecule is COC(=O)c1c(NC(=O)CN(c2cc([N+](=O)[O-])ccc2OC)S(C)(=O)=O)sc2c1CCN(C)C2. The Balaban J connectivity index is 1.96. The number of ether oxygens (including phenoxy) is 2. The quantitative estimate of drug-likeness (QED) is 0.318. The molecule has 0 bridgehead atoms. The number of sulfonamides is 1. The number of rotatable bonds is 8. The predicted octanol–water partition coefficient (Wildman–Crippen LogP) is 1.84. The standard InChI is InChI=1S/C20H24N4O8S2/c1-22-8-7-13-16(10-22)33-19(18(13)20(26)32-3)21-17(25)11-23(34(4,29)30)14-9-12(24(27)28)5-6-15(14)31-2/h5-6,9H,7-8,10-11H2,1-4H3,(H,21,25). The first-order valence-corrected chi connectivity index (χ1v) is 12.6. The molecule has 12 nitrogen and oxygen atoms in total. The molecular weight excluding hydrogens is 488 g/mol. The van der Waals surface area contributed by atoms with Crippen LogP contribution in [0.25, 0.3) is 0 Å². The Morgan fingerprint density at radius 1 is 1.32 bits per heavy atom. The van der Waals surface area contributed by atoms with E-state index in [9.17, 15) is 28.1 Å². The molecule has 34 heavy (non-hydrogen) atoms. The van der Waals surface area contributed by atoms with Gasteiger partial charge in [-0.05, 0) is 25.1 Å². The van der Waals surface area contributed by atoms with Gasteiger partial charge < -0.3 is 19.7 Å². The summed E-state index contributed by atoms with van der Waals surface area (Å²) >= 11 is 1.23. The van der Waals surface area contributed by atoms with E-state index < -0.39 is 33.4 Å². The fraction of sp³-hybridized carbons (Fsp3) is 0.400. The van der Waals surface area contributed by atoms with Gasteiger partial charge in [0, 0.05) is 30.1 Å². The number of carbonyl (C=O) groups excluding carboxylic acids is 2. The predicted molar refractivity (Wildman–Crippen MR) is 126 cm³/mol. The molecule has 1 amide bonds. The van der Waals surface area contributed by atoms with E-state index in [-0.39, 0.29) is 27.7 Å². The summed E-state index contributed by atoms with van der Waals surface area (Å²) in [7, 11) is 0.415. The van der Waals surface area contributed by atoms with Crippen LogP contribution in [0.15, 0.2) is 18.2 Å². The third-order valence-corrected chi connectivity index (χ3v) is 7.48. The maximum atomic E-state index is 13.0. The number of nitro groups is 1. The number of methoxy groups -OCH3 is 2. The Morgan fingerprint density at radius 2 is 2.03 bits per heavy atom. The van der Waals surface area contributed by atoms with Crippen molar-refractivity contribution in [1.82, 2.24) is 4.90 Å². The highest BCUT2D eigenvalue weighted by Crippen LogP contribution is 2.38. The fourth-order valence-electron chi connectivity index (χ4n) is 3.60. The van der Waals surface area contributed by atoms with Gasteiger partial charge in [-0.2, -0.15) is 0 Å². The number of nitro benzene ring substituents is 1. The maximum absolute atomic E-state index is 13.0. The zero-order valence-corrected chi connectivity index (χ0v) is 20.6. The Labute approximate surface area is 200 Å². The number of anilines is 2. The second-order valence-electron chi connectivity index (χ2n) is 7.62. The van der Waals surface area contributed by atoms with Crippen LogP contribution < -0.4 is 14.4 Å². The molecule has 1 aliphatic heterocycles. The van der Waals surface area contributed by atoms with Crippen molar-refractivity contribution in [1.29, 1.82) is 0 Å². The molecule has 0 unspecified atom stereocenters. The number of benzene rings is 1. The van der Waals surface area contributed by atoms with Crippen molar-refractivity contribution >= 4 is 49.6 Å². The molecule has 184 valence electrons. The number of nitrogens with zero attached hydrogens (tertiary/aromatic N) is 3. The van der Waals surface area contributed by atoms with Crippen LogP contribution in [0.2, 0.25) is 0 Å².